The smallest absolute Gasteiger partial charge is 0.207 e. The monoisotopic (exact) mass is 297 g/mol. The van der Waals surface area contributed by atoms with Crippen molar-refractivity contribution in [2.24, 2.45) is 0 Å². The molecule has 0 atom stereocenters. The van der Waals surface area contributed by atoms with E-state index in [0.717, 1.165) is 11.1 Å². The largest absolute Gasteiger partial charge is 0.242 e. The second kappa shape index (κ2) is 6.19. The molecule has 0 aliphatic rings. The topological polar surface area (TPSA) is 37.4 Å². The molecule has 19 heavy (non-hydrogen) atoms. The van der Waals surface area contributed by atoms with Crippen molar-refractivity contribution in [3.8, 4) is 11.1 Å². The number of benzene rings is 2. The van der Waals surface area contributed by atoms with Crippen molar-refractivity contribution >= 4 is 22.4 Å². The lowest BCUT2D eigenvalue weighted by Crippen LogP contribution is -2.22. The van der Waals surface area contributed by atoms with E-state index in [1.807, 2.05) is 36.4 Å². The van der Waals surface area contributed by atoms with Crippen LogP contribution in [0.5, 0.6) is 0 Å². The summed E-state index contributed by atoms with van der Waals surface area (Å²) in [6.07, 6.45) is 0. The Morgan fingerprint density at radius 1 is 0.842 bits per heavy atom. The molecule has 0 radical (unpaired) electrons. The molecule has 0 saturated heterocycles. The van der Waals surface area contributed by atoms with Crippen molar-refractivity contribution in [2.75, 3.05) is 14.1 Å². The minimum Gasteiger partial charge on any atom is -0.207 e. The number of sulfonamides is 1. The van der Waals surface area contributed by atoms with E-state index in [9.17, 15) is 8.42 Å². The molecule has 0 N–H and O–H groups in total. The first-order chi connectivity index (χ1) is 8.51. The third-order valence-electron chi connectivity index (χ3n) is 2.72. The van der Waals surface area contributed by atoms with Crippen molar-refractivity contribution in [3.63, 3.8) is 0 Å². The van der Waals surface area contributed by atoms with Crippen molar-refractivity contribution in [1.82, 2.24) is 4.31 Å². The van der Waals surface area contributed by atoms with Crippen LogP contribution in [0.2, 0.25) is 0 Å². The molecule has 0 aliphatic carbocycles. The van der Waals surface area contributed by atoms with E-state index in [1.165, 1.54) is 18.4 Å². The summed E-state index contributed by atoms with van der Waals surface area (Å²) in [5, 5.41) is 0. The lowest BCUT2D eigenvalue weighted by atomic mass is 10.1. The van der Waals surface area contributed by atoms with Gasteiger partial charge in [-0.05, 0) is 23.3 Å². The second-order valence-electron chi connectivity index (χ2n) is 4.18. The third-order valence-corrected chi connectivity index (χ3v) is 4.53. The standard InChI is InChI=1S/C14H15NO2S.ClH/c1-15(2)18(16,17)14-10-6-9-13(11-14)12-7-4-3-5-8-12;/h3-11H,1-2H3;1H. The average molecular weight is 298 g/mol. The molecule has 0 unspecified atom stereocenters. The van der Waals surface area contributed by atoms with Crippen molar-refractivity contribution in [2.45, 2.75) is 4.90 Å². The first kappa shape index (κ1) is 15.7. The van der Waals surface area contributed by atoms with Crippen LogP contribution in [0.4, 0.5) is 0 Å². The first-order valence-electron chi connectivity index (χ1n) is 5.60. The summed E-state index contributed by atoms with van der Waals surface area (Å²) < 4.78 is 25.3. The van der Waals surface area contributed by atoms with E-state index in [2.05, 4.69) is 0 Å². The maximum absolute atomic E-state index is 12.0. The van der Waals surface area contributed by atoms with Gasteiger partial charge in [0.1, 0.15) is 0 Å². The third kappa shape index (κ3) is 3.35. The quantitative estimate of drug-likeness (QED) is 0.873. The van der Waals surface area contributed by atoms with Crippen LogP contribution in [0.3, 0.4) is 0 Å². The zero-order valence-electron chi connectivity index (χ0n) is 10.8. The normalized spacial score (nSPS) is 11.1. The molecular weight excluding hydrogens is 282 g/mol. The molecule has 0 spiro atoms. The summed E-state index contributed by atoms with van der Waals surface area (Å²) in [4.78, 5) is 0.314. The average Bonchev–Trinajstić information content (AvgIpc) is 2.40. The summed E-state index contributed by atoms with van der Waals surface area (Å²) in [6, 6.07) is 16.7. The van der Waals surface area contributed by atoms with Gasteiger partial charge >= 0.3 is 0 Å². The molecule has 0 aromatic heterocycles. The van der Waals surface area contributed by atoms with Crippen LogP contribution in [0.25, 0.3) is 11.1 Å². The van der Waals surface area contributed by atoms with Gasteiger partial charge in [0.05, 0.1) is 4.90 Å². The van der Waals surface area contributed by atoms with Crippen LogP contribution in [0, 0.1) is 0 Å². The SMILES string of the molecule is CN(C)S(=O)(=O)c1cccc(-c2ccccc2)c1.Cl. The fourth-order valence-electron chi connectivity index (χ4n) is 1.68. The van der Waals surface area contributed by atoms with Crippen LogP contribution >= 0.6 is 12.4 Å². The summed E-state index contributed by atoms with van der Waals surface area (Å²) in [6.45, 7) is 0. The number of rotatable bonds is 3. The fourth-order valence-corrected chi connectivity index (χ4v) is 2.63. The molecule has 0 saturated carbocycles. The van der Waals surface area contributed by atoms with E-state index in [-0.39, 0.29) is 12.4 Å². The van der Waals surface area contributed by atoms with Gasteiger partial charge in [0.15, 0.2) is 0 Å². The molecule has 0 aliphatic heterocycles. The van der Waals surface area contributed by atoms with Crippen molar-refractivity contribution < 1.29 is 8.42 Å². The van der Waals surface area contributed by atoms with Gasteiger partial charge in [-0.1, -0.05) is 42.5 Å². The van der Waals surface area contributed by atoms with Gasteiger partial charge in [0.25, 0.3) is 0 Å². The van der Waals surface area contributed by atoms with E-state index >= 15 is 0 Å². The fraction of sp³-hybridized carbons (Fsp3) is 0.143. The maximum atomic E-state index is 12.0. The Bertz CT molecular complexity index is 640. The van der Waals surface area contributed by atoms with Gasteiger partial charge in [0.2, 0.25) is 10.0 Å². The van der Waals surface area contributed by atoms with Crippen LogP contribution in [-0.2, 0) is 10.0 Å². The minimum absolute atomic E-state index is 0. The Morgan fingerprint density at radius 3 is 2.00 bits per heavy atom. The molecule has 5 heteroatoms. The Morgan fingerprint density at radius 2 is 1.42 bits per heavy atom. The van der Waals surface area contributed by atoms with E-state index < -0.39 is 10.0 Å². The highest BCUT2D eigenvalue weighted by Gasteiger charge is 2.17. The second-order valence-corrected chi connectivity index (χ2v) is 6.33. The highest BCUT2D eigenvalue weighted by Crippen LogP contribution is 2.23. The van der Waals surface area contributed by atoms with Gasteiger partial charge in [-0.3, -0.25) is 0 Å². The number of halogens is 1. The predicted molar refractivity (Wildman–Crippen MR) is 80.0 cm³/mol. The van der Waals surface area contributed by atoms with E-state index in [4.69, 9.17) is 0 Å². The molecule has 102 valence electrons. The van der Waals surface area contributed by atoms with E-state index in [1.54, 1.807) is 18.2 Å². The molecule has 0 amide bonds. The Hall–Kier alpha value is -1.36. The number of hydrogen-bond donors (Lipinski definition) is 0. The predicted octanol–water partition coefficient (Wildman–Crippen LogP) is 3.03. The zero-order valence-corrected chi connectivity index (χ0v) is 12.4. The van der Waals surface area contributed by atoms with Crippen molar-refractivity contribution in [3.05, 3.63) is 54.6 Å². The Balaban J connectivity index is 0.00000180. The molecule has 3 nitrogen and oxygen atoms in total. The number of hydrogen-bond acceptors (Lipinski definition) is 2. The summed E-state index contributed by atoms with van der Waals surface area (Å²) in [5.74, 6) is 0. The highest BCUT2D eigenvalue weighted by atomic mass is 35.5. The minimum atomic E-state index is -3.37. The van der Waals surface area contributed by atoms with E-state index in [0.29, 0.717) is 4.90 Å². The lowest BCUT2D eigenvalue weighted by molar-refractivity contribution is 0.521. The van der Waals surface area contributed by atoms with Gasteiger partial charge in [-0.25, -0.2) is 12.7 Å². The molecule has 0 heterocycles. The molecule has 2 aromatic carbocycles. The summed E-state index contributed by atoms with van der Waals surface area (Å²) >= 11 is 0. The van der Waals surface area contributed by atoms with Crippen LogP contribution < -0.4 is 0 Å². The molecule has 0 fully saturated rings. The van der Waals surface area contributed by atoms with Crippen molar-refractivity contribution in [1.29, 1.82) is 0 Å². The lowest BCUT2D eigenvalue weighted by Gasteiger charge is -2.12. The van der Waals surface area contributed by atoms with Gasteiger partial charge < -0.3 is 0 Å². The van der Waals surface area contributed by atoms with Crippen LogP contribution in [0.15, 0.2) is 59.5 Å². The summed E-state index contributed by atoms with van der Waals surface area (Å²) in [7, 11) is -0.310. The summed E-state index contributed by atoms with van der Waals surface area (Å²) in [5.41, 5.74) is 1.91. The number of nitrogens with zero attached hydrogens (tertiary/aromatic N) is 1. The van der Waals surface area contributed by atoms with Gasteiger partial charge in [0, 0.05) is 14.1 Å². The van der Waals surface area contributed by atoms with Crippen LogP contribution in [-0.4, -0.2) is 26.8 Å². The molecule has 2 rings (SSSR count). The first-order valence-corrected chi connectivity index (χ1v) is 7.04. The van der Waals surface area contributed by atoms with Crippen LogP contribution in [0.1, 0.15) is 0 Å². The van der Waals surface area contributed by atoms with Gasteiger partial charge in [-0.2, -0.15) is 0 Å². The maximum Gasteiger partial charge on any atom is 0.242 e. The Labute approximate surface area is 120 Å². The molecular formula is C14H16ClNO2S. The molecule has 2 aromatic rings. The highest BCUT2D eigenvalue weighted by molar-refractivity contribution is 7.89. The Kier molecular flexibility index (Phi) is 5.11. The zero-order chi connectivity index (χ0) is 13.2. The molecule has 0 bridgehead atoms. The van der Waals surface area contributed by atoms with Gasteiger partial charge in [-0.15, -0.1) is 12.4 Å².